The van der Waals surface area contributed by atoms with Crippen LogP contribution in [-0.4, -0.2) is 36.3 Å². The van der Waals surface area contributed by atoms with Crippen LogP contribution in [0.5, 0.6) is 0 Å². The Morgan fingerprint density at radius 2 is 1.96 bits per heavy atom. The van der Waals surface area contributed by atoms with Gasteiger partial charge in [0.25, 0.3) is 5.91 Å². The monoisotopic (exact) mass is 340 g/mol. The van der Waals surface area contributed by atoms with Crippen molar-refractivity contribution in [1.82, 2.24) is 10.2 Å². The predicted octanol–water partition coefficient (Wildman–Crippen LogP) is 2.84. The molecule has 1 spiro atoms. The molecule has 3 rings (SSSR count). The topological polar surface area (TPSA) is 49.4 Å². The number of nitrogens with zero attached hydrogens (tertiary/aromatic N) is 1. The van der Waals surface area contributed by atoms with Crippen LogP contribution in [0.4, 0.5) is 13.2 Å². The Bertz CT molecular complexity index is 653. The number of nitrogens with one attached hydrogen (secondary N) is 1. The third-order valence-corrected chi connectivity index (χ3v) is 5.06. The van der Waals surface area contributed by atoms with Crippen LogP contribution in [0.2, 0.25) is 0 Å². The average Bonchev–Trinajstić information content (AvgIpc) is 2.97. The largest absolute Gasteiger partial charge is 0.416 e. The molecular formula is C17H19F3N2O2. The van der Waals surface area contributed by atoms with Crippen molar-refractivity contribution in [2.24, 2.45) is 5.41 Å². The summed E-state index contributed by atoms with van der Waals surface area (Å²) in [6.45, 7) is 1.23. The van der Waals surface area contributed by atoms with E-state index < -0.39 is 17.6 Å². The molecule has 2 aliphatic rings. The van der Waals surface area contributed by atoms with E-state index in [1.165, 1.54) is 18.6 Å². The number of halogens is 3. The van der Waals surface area contributed by atoms with Crippen molar-refractivity contribution in [3.05, 3.63) is 35.4 Å². The molecule has 1 saturated heterocycles. The van der Waals surface area contributed by atoms with Crippen molar-refractivity contribution in [3.8, 4) is 0 Å². The Morgan fingerprint density at radius 3 is 2.54 bits per heavy atom. The van der Waals surface area contributed by atoms with E-state index >= 15 is 0 Å². The van der Waals surface area contributed by atoms with Gasteiger partial charge in [-0.05, 0) is 42.9 Å². The van der Waals surface area contributed by atoms with Gasteiger partial charge in [-0.25, -0.2) is 0 Å². The molecule has 1 aliphatic carbocycles. The number of hydrogen-bond donors (Lipinski definition) is 1. The summed E-state index contributed by atoms with van der Waals surface area (Å²) in [4.78, 5) is 25.9. The lowest BCUT2D eigenvalue weighted by Crippen LogP contribution is -2.41. The van der Waals surface area contributed by atoms with Gasteiger partial charge >= 0.3 is 6.18 Å². The molecular weight excluding hydrogens is 321 g/mol. The van der Waals surface area contributed by atoms with Gasteiger partial charge in [0.1, 0.15) is 0 Å². The molecule has 1 aliphatic heterocycles. The van der Waals surface area contributed by atoms with Crippen LogP contribution in [0.1, 0.15) is 41.6 Å². The van der Waals surface area contributed by atoms with E-state index in [4.69, 9.17) is 0 Å². The molecule has 2 fully saturated rings. The lowest BCUT2D eigenvalue weighted by Gasteiger charge is -2.37. The van der Waals surface area contributed by atoms with Crippen molar-refractivity contribution >= 4 is 11.8 Å². The summed E-state index contributed by atoms with van der Waals surface area (Å²) >= 11 is 0. The van der Waals surface area contributed by atoms with Gasteiger partial charge in [0, 0.05) is 18.7 Å². The first-order valence-corrected chi connectivity index (χ1v) is 8.02. The zero-order chi connectivity index (χ0) is 17.4. The quantitative estimate of drug-likeness (QED) is 0.920. The highest BCUT2D eigenvalue weighted by atomic mass is 19.4. The Balaban J connectivity index is 1.55. The smallest absolute Gasteiger partial charge is 0.343 e. The van der Waals surface area contributed by atoms with Crippen molar-refractivity contribution in [2.75, 3.05) is 19.6 Å². The molecule has 1 heterocycles. The Labute approximate surface area is 138 Å². The van der Waals surface area contributed by atoms with Gasteiger partial charge in [-0.1, -0.05) is 12.5 Å². The van der Waals surface area contributed by atoms with E-state index in [-0.39, 0.29) is 23.4 Å². The summed E-state index contributed by atoms with van der Waals surface area (Å²) in [5.41, 5.74) is -0.705. The summed E-state index contributed by atoms with van der Waals surface area (Å²) in [7, 11) is 0. The number of benzene rings is 1. The van der Waals surface area contributed by atoms with Crippen LogP contribution in [0.25, 0.3) is 0 Å². The fourth-order valence-electron chi connectivity index (χ4n) is 3.44. The zero-order valence-electron chi connectivity index (χ0n) is 13.2. The fraction of sp³-hybridized carbons (Fsp3) is 0.529. The van der Waals surface area contributed by atoms with E-state index in [1.807, 2.05) is 0 Å². The molecule has 1 N–H and O–H groups in total. The maximum absolute atomic E-state index is 12.7. The third-order valence-electron chi connectivity index (χ3n) is 5.06. The highest BCUT2D eigenvalue weighted by molar-refractivity contribution is 5.96. The number of carbonyl (C=O) groups is 2. The van der Waals surface area contributed by atoms with E-state index in [9.17, 15) is 22.8 Å². The molecule has 0 aromatic heterocycles. The minimum Gasteiger partial charge on any atom is -0.343 e. The first kappa shape index (κ1) is 16.8. The number of carbonyl (C=O) groups excluding carboxylic acids is 2. The highest BCUT2D eigenvalue weighted by Gasteiger charge is 2.43. The maximum atomic E-state index is 12.7. The second-order valence-electron chi connectivity index (χ2n) is 6.68. The third kappa shape index (κ3) is 3.39. The number of likely N-dealkylation sites (tertiary alicyclic amines) is 1. The summed E-state index contributed by atoms with van der Waals surface area (Å²) in [6.07, 6.45) is -0.00583. The summed E-state index contributed by atoms with van der Waals surface area (Å²) in [6, 6.07) is 4.18. The van der Waals surface area contributed by atoms with Gasteiger partial charge in [0.2, 0.25) is 5.91 Å². The average molecular weight is 340 g/mol. The summed E-state index contributed by atoms with van der Waals surface area (Å²) < 4.78 is 38.0. The standard InChI is InChI=1S/C17H19F3N2O2/c18-17(19,20)13-4-1-3-12(9-13)15(24)21-10-14(23)22-8-7-16(11-22)5-2-6-16/h1,3-4,9H,2,5-8,10-11H2,(H,21,24). The molecule has 0 bridgehead atoms. The van der Waals surface area contributed by atoms with Crippen LogP contribution < -0.4 is 5.32 Å². The summed E-state index contributed by atoms with van der Waals surface area (Å²) in [5, 5.41) is 2.42. The molecule has 4 nitrogen and oxygen atoms in total. The van der Waals surface area contributed by atoms with Crippen LogP contribution in [0.15, 0.2) is 24.3 Å². The molecule has 0 radical (unpaired) electrons. The van der Waals surface area contributed by atoms with Gasteiger partial charge in [0.05, 0.1) is 12.1 Å². The predicted molar refractivity (Wildman–Crippen MR) is 81.3 cm³/mol. The van der Waals surface area contributed by atoms with Gasteiger partial charge in [-0.2, -0.15) is 13.2 Å². The van der Waals surface area contributed by atoms with Crippen molar-refractivity contribution in [3.63, 3.8) is 0 Å². The van der Waals surface area contributed by atoms with Crippen molar-refractivity contribution in [1.29, 1.82) is 0 Å². The van der Waals surface area contributed by atoms with Crippen LogP contribution >= 0.6 is 0 Å². The molecule has 7 heteroatoms. The van der Waals surface area contributed by atoms with E-state index in [1.54, 1.807) is 4.90 Å². The van der Waals surface area contributed by atoms with Gasteiger partial charge in [-0.3, -0.25) is 9.59 Å². The molecule has 24 heavy (non-hydrogen) atoms. The highest BCUT2D eigenvalue weighted by Crippen LogP contribution is 2.47. The molecule has 1 aromatic carbocycles. The normalized spacial score (nSPS) is 19.2. The second kappa shape index (κ2) is 6.11. The lowest BCUT2D eigenvalue weighted by molar-refractivity contribution is -0.137. The SMILES string of the molecule is O=C(NCC(=O)N1CCC2(CCC2)C1)c1cccc(C(F)(F)F)c1. The van der Waals surface area contributed by atoms with E-state index in [0.717, 1.165) is 37.9 Å². The van der Waals surface area contributed by atoms with Crippen LogP contribution in [0, 0.1) is 5.41 Å². The summed E-state index contributed by atoms with van der Waals surface area (Å²) in [5.74, 6) is -0.855. The number of alkyl halides is 3. The van der Waals surface area contributed by atoms with Gasteiger partial charge in [0.15, 0.2) is 0 Å². The Kier molecular flexibility index (Phi) is 4.27. The fourth-order valence-corrected chi connectivity index (χ4v) is 3.44. The minimum absolute atomic E-state index is 0.102. The lowest BCUT2D eigenvalue weighted by atomic mass is 9.68. The molecule has 1 aromatic rings. The maximum Gasteiger partial charge on any atom is 0.416 e. The molecule has 2 amide bonds. The van der Waals surface area contributed by atoms with Gasteiger partial charge in [-0.15, -0.1) is 0 Å². The van der Waals surface area contributed by atoms with E-state index in [2.05, 4.69) is 5.32 Å². The Morgan fingerprint density at radius 1 is 1.21 bits per heavy atom. The molecule has 0 atom stereocenters. The van der Waals surface area contributed by atoms with Crippen molar-refractivity contribution in [2.45, 2.75) is 31.9 Å². The second-order valence-corrected chi connectivity index (χ2v) is 6.68. The number of amides is 2. The number of hydrogen-bond acceptors (Lipinski definition) is 2. The first-order chi connectivity index (χ1) is 11.3. The van der Waals surface area contributed by atoms with E-state index in [0.29, 0.717) is 6.54 Å². The number of rotatable bonds is 3. The first-order valence-electron chi connectivity index (χ1n) is 8.02. The van der Waals surface area contributed by atoms with Crippen LogP contribution in [-0.2, 0) is 11.0 Å². The molecule has 1 saturated carbocycles. The molecule has 0 unspecified atom stereocenters. The minimum atomic E-state index is -4.50. The van der Waals surface area contributed by atoms with Crippen molar-refractivity contribution < 1.29 is 22.8 Å². The Hall–Kier alpha value is -2.05. The zero-order valence-corrected chi connectivity index (χ0v) is 13.2. The van der Waals surface area contributed by atoms with Gasteiger partial charge < -0.3 is 10.2 Å². The molecule has 130 valence electrons. The van der Waals surface area contributed by atoms with Crippen LogP contribution in [0.3, 0.4) is 0 Å².